The van der Waals surface area contributed by atoms with Gasteiger partial charge in [0.25, 0.3) is 5.91 Å². The lowest BCUT2D eigenvalue weighted by atomic mass is 9.92. The predicted molar refractivity (Wildman–Crippen MR) is 91.5 cm³/mol. The highest BCUT2D eigenvalue weighted by molar-refractivity contribution is 6.08. The van der Waals surface area contributed by atoms with E-state index in [4.69, 9.17) is 0 Å². The lowest BCUT2D eigenvalue weighted by Gasteiger charge is -2.23. The summed E-state index contributed by atoms with van der Waals surface area (Å²) < 4.78 is 0. The van der Waals surface area contributed by atoms with Gasteiger partial charge in [-0.3, -0.25) is 19.3 Å². The number of rotatable bonds is 8. The zero-order valence-electron chi connectivity index (χ0n) is 15.4. The Kier molecular flexibility index (Phi) is 5.69. The van der Waals surface area contributed by atoms with E-state index >= 15 is 0 Å². The summed E-state index contributed by atoms with van der Waals surface area (Å²) in [7, 11) is 1.49. The predicted octanol–water partition coefficient (Wildman–Crippen LogP) is 0.470. The van der Waals surface area contributed by atoms with E-state index in [1.54, 1.807) is 6.92 Å². The van der Waals surface area contributed by atoms with Gasteiger partial charge in [0.15, 0.2) is 0 Å². The quantitative estimate of drug-likeness (QED) is 0.620. The molecule has 2 fully saturated rings. The Bertz CT molecular complexity index is 573. The number of carbonyl (C=O) groups is 4. The third-order valence-corrected chi connectivity index (χ3v) is 4.61. The standard InChI is InChI=1S/C17H28N4O4/c1-11(2)7-8-17(3)15(24)21(16(25)19-17)10-14(23)20(4)9-13(22)18-12-5-6-12/h11-12H,5-10H2,1-4H3,(H,18,22)(H,19,25)/t17-/m0/s1. The fraction of sp³-hybridized carbons (Fsp3) is 0.765. The number of urea groups is 1. The Morgan fingerprint density at radius 1 is 1.36 bits per heavy atom. The van der Waals surface area contributed by atoms with E-state index in [1.165, 1.54) is 11.9 Å². The van der Waals surface area contributed by atoms with Crippen molar-refractivity contribution < 1.29 is 19.2 Å². The van der Waals surface area contributed by atoms with Gasteiger partial charge in [-0.05, 0) is 38.5 Å². The van der Waals surface area contributed by atoms with E-state index in [2.05, 4.69) is 10.6 Å². The van der Waals surface area contributed by atoms with Crippen molar-refractivity contribution in [2.75, 3.05) is 20.1 Å². The van der Waals surface area contributed by atoms with Crippen LogP contribution in [0.4, 0.5) is 4.79 Å². The summed E-state index contributed by atoms with van der Waals surface area (Å²) in [6.45, 7) is 5.35. The van der Waals surface area contributed by atoms with Crippen molar-refractivity contribution in [1.82, 2.24) is 20.4 Å². The summed E-state index contributed by atoms with van der Waals surface area (Å²) in [5, 5.41) is 5.49. The maximum absolute atomic E-state index is 12.6. The van der Waals surface area contributed by atoms with Crippen LogP contribution in [0.1, 0.15) is 46.5 Å². The third-order valence-electron chi connectivity index (χ3n) is 4.61. The van der Waals surface area contributed by atoms with Crippen molar-refractivity contribution in [3.63, 3.8) is 0 Å². The number of likely N-dealkylation sites (N-methyl/N-ethyl adjacent to an activating group) is 1. The molecule has 1 aliphatic carbocycles. The maximum atomic E-state index is 12.6. The molecular weight excluding hydrogens is 324 g/mol. The molecule has 8 heteroatoms. The second kappa shape index (κ2) is 7.41. The average Bonchev–Trinajstić information content (AvgIpc) is 3.29. The highest BCUT2D eigenvalue weighted by Gasteiger charge is 2.48. The first-order chi connectivity index (χ1) is 11.6. The van der Waals surface area contributed by atoms with Gasteiger partial charge in [0.05, 0.1) is 6.54 Å². The molecule has 1 atom stereocenters. The number of nitrogens with one attached hydrogen (secondary N) is 2. The molecule has 2 aliphatic rings. The number of amides is 5. The summed E-state index contributed by atoms with van der Waals surface area (Å²) in [4.78, 5) is 50.9. The Labute approximate surface area is 148 Å². The molecule has 1 saturated heterocycles. The van der Waals surface area contributed by atoms with E-state index in [0.29, 0.717) is 12.3 Å². The fourth-order valence-electron chi connectivity index (χ4n) is 2.70. The summed E-state index contributed by atoms with van der Waals surface area (Å²) >= 11 is 0. The molecule has 0 spiro atoms. The van der Waals surface area contributed by atoms with Crippen molar-refractivity contribution in [1.29, 1.82) is 0 Å². The van der Waals surface area contributed by atoms with Gasteiger partial charge in [-0.15, -0.1) is 0 Å². The van der Waals surface area contributed by atoms with Crippen LogP contribution < -0.4 is 10.6 Å². The van der Waals surface area contributed by atoms with Crippen molar-refractivity contribution >= 4 is 23.8 Å². The molecular formula is C17H28N4O4. The minimum atomic E-state index is -0.969. The number of imide groups is 1. The summed E-state index contributed by atoms with van der Waals surface area (Å²) in [5.74, 6) is -0.643. The highest BCUT2D eigenvalue weighted by atomic mass is 16.2. The molecule has 2 N–H and O–H groups in total. The molecule has 1 aliphatic heterocycles. The SMILES string of the molecule is CC(C)CC[C@]1(C)NC(=O)N(CC(=O)N(C)CC(=O)NC2CC2)C1=O. The second-order valence-corrected chi connectivity index (χ2v) is 7.68. The van der Waals surface area contributed by atoms with Gasteiger partial charge in [-0.25, -0.2) is 4.79 Å². The minimum absolute atomic E-state index is 0.0798. The van der Waals surface area contributed by atoms with E-state index < -0.39 is 17.5 Å². The molecule has 2 rings (SSSR count). The van der Waals surface area contributed by atoms with Gasteiger partial charge >= 0.3 is 6.03 Å². The van der Waals surface area contributed by atoms with Crippen molar-refractivity contribution in [3.8, 4) is 0 Å². The molecule has 0 radical (unpaired) electrons. The largest absolute Gasteiger partial charge is 0.352 e. The van der Waals surface area contributed by atoms with Gasteiger partial charge in [0.2, 0.25) is 11.8 Å². The molecule has 0 unspecified atom stereocenters. The van der Waals surface area contributed by atoms with Gasteiger partial charge < -0.3 is 15.5 Å². The van der Waals surface area contributed by atoms with Crippen LogP contribution in [0, 0.1) is 5.92 Å². The lowest BCUT2D eigenvalue weighted by molar-refractivity contribution is -0.139. The first-order valence-electron chi connectivity index (χ1n) is 8.80. The van der Waals surface area contributed by atoms with E-state index in [1.807, 2.05) is 13.8 Å². The van der Waals surface area contributed by atoms with Crippen molar-refractivity contribution in [2.24, 2.45) is 5.92 Å². The van der Waals surface area contributed by atoms with Crippen LogP contribution in [-0.4, -0.2) is 65.3 Å². The van der Waals surface area contributed by atoms with Crippen molar-refractivity contribution in [2.45, 2.75) is 58.0 Å². The molecule has 1 saturated carbocycles. The van der Waals surface area contributed by atoms with Gasteiger partial charge in [-0.1, -0.05) is 13.8 Å². The van der Waals surface area contributed by atoms with Crippen molar-refractivity contribution in [3.05, 3.63) is 0 Å². The zero-order valence-corrected chi connectivity index (χ0v) is 15.4. The smallest absolute Gasteiger partial charge is 0.325 e. The Morgan fingerprint density at radius 2 is 2.00 bits per heavy atom. The average molecular weight is 352 g/mol. The highest BCUT2D eigenvalue weighted by Crippen LogP contribution is 2.24. The molecule has 5 amide bonds. The Balaban J connectivity index is 1.89. The fourth-order valence-corrected chi connectivity index (χ4v) is 2.70. The molecule has 0 aromatic carbocycles. The van der Waals surface area contributed by atoms with E-state index in [9.17, 15) is 19.2 Å². The monoisotopic (exact) mass is 352 g/mol. The summed E-state index contributed by atoms with van der Waals surface area (Å²) in [5.41, 5.74) is -0.969. The second-order valence-electron chi connectivity index (χ2n) is 7.68. The topological polar surface area (TPSA) is 98.8 Å². The number of hydrogen-bond acceptors (Lipinski definition) is 4. The zero-order chi connectivity index (χ0) is 18.8. The van der Waals surface area contributed by atoms with Crippen LogP contribution in [0.5, 0.6) is 0 Å². The van der Waals surface area contributed by atoms with Crippen LogP contribution in [0.2, 0.25) is 0 Å². The first-order valence-corrected chi connectivity index (χ1v) is 8.80. The van der Waals surface area contributed by atoms with Crippen LogP contribution in [0.3, 0.4) is 0 Å². The van der Waals surface area contributed by atoms with Crippen LogP contribution >= 0.6 is 0 Å². The molecule has 0 aromatic heterocycles. The first kappa shape index (κ1) is 19.2. The molecule has 140 valence electrons. The number of carbonyl (C=O) groups excluding carboxylic acids is 4. The maximum Gasteiger partial charge on any atom is 0.325 e. The lowest BCUT2D eigenvalue weighted by Crippen LogP contribution is -2.47. The minimum Gasteiger partial charge on any atom is -0.352 e. The number of hydrogen-bond donors (Lipinski definition) is 2. The number of nitrogens with zero attached hydrogens (tertiary/aromatic N) is 2. The van der Waals surface area contributed by atoms with E-state index in [0.717, 1.165) is 24.2 Å². The molecule has 8 nitrogen and oxygen atoms in total. The normalized spacial score (nSPS) is 23.0. The van der Waals surface area contributed by atoms with Gasteiger partial charge in [0, 0.05) is 13.1 Å². The molecule has 0 bridgehead atoms. The van der Waals surface area contributed by atoms with Gasteiger partial charge in [-0.2, -0.15) is 0 Å². The Morgan fingerprint density at radius 3 is 2.56 bits per heavy atom. The van der Waals surface area contributed by atoms with Gasteiger partial charge in [0.1, 0.15) is 12.1 Å². The van der Waals surface area contributed by atoms with E-state index in [-0.39, 0.29) is 30.9 Å². The van der Waals surface area contributed by atoms with Crippen LogP contribution in [-0.2, 0) is 14.4 Å². The molecule has 0 aromatic rings. The summed E-state index contributed by atoms with van der Waals surface area (Å²) in [6, 6.07) is -0.330. The molecule has 1 heterocycles. The van der Waals surface area contributed by atoms with Crippen LogP contribution in [0.15, 0.2) is 0 Å². The van der Waals surface area contributed by atoms with Crippen LogP contribution in [0.25, 0.3) is 0 Å². The Hall–Kier alpha value is -2.12. The third kappa shape index (κ3) is 4.93. The summed E-state index contributed by atoms with van der Waals surface area (Å²) in [6.07, 6.45) is 3.27. The molecule has 25 heavy (non-hydrogen) atoms.